The third-order valence-electron chi connectivity index (χ3n) is 5.04. The Hall–Kier alpha value is -2.39. The zero-order valence-electron chi connectivity index (χ0n) is 18.2. The van der Waals surface area contributed by atoms with Crippen LogP contribution in [-0.2, 0) is 27.9 Å². The second kappa shape index (κ2) is 11.2. The van der Waals surface area contributed by atoms with E-state index in [4.69, 9.17) is 16.3 Å². The molecule has 0 heterocycles. The molecule has 174 valence electrons. The number of ether oxygens (including phenoxy) is 1. The van der Waals surface area contributed by atoms with Crippen LogP contribution in [0.25, 0.3) is 0 Å². The first kappa shape index (κ1) is 25.2. The molecule has 0 bridgehead atoms. The highest BCUT2D eigenvalue weighted by atomic mass is 79.9. The second-order valence-corrected chi connectivity index (χ2v) is 10.7. The van der Waals surface area contributed by atoms with Crippen LogP contribution in [0, 0.1) is 0 Å². The Morgan fingerprint density at radius 3 is 2.03 bits per heavy atom. The van der Waals surface area contributed by atoms with E-state index in [9.17, 15) is 13.2 Å². The van der Waals surface area contributed by atoms with Crippen LogP contribution in [0.3, 0.4) is 0 Å². The van der Waals surface area contributed by atoms with Crippen LogP contribution in [0.5, 0.6) is 5.75 Å². The molecule has 0 aliphatic heterocycles. The van der Waals surface area contributed by atoms with Crippen LogP contribution in [0.1, 0.15) is 11.1 Å². The van der Waals surface area contributed by atoms with E-state index in [-0.39, 0.29) is 23.9 Å². The van der Waals surface area contributed by atoms with E-state index in [1.54, 1.807) is 14.2 Å². The Bertz CT molecular complexity index is 1180. The van der Waals surface area contributed by atoms with Gasteiger partial charge >= 0.3 is 0 Å². The summed E-state index contributed by atoms with van der Waals surface area (Å²) in [4.78, 5) is 14.6. The number of benzene rings is 3. The first-order chi connectivity index (χ1) is 15.7. The van der Waals surface area contributed by atoms with Gasteiger partial charge in [0.05, 0.1) is 18.6 Å². The molecule has 0 fully saturated rings. The largest absolute Gasteiger partial charge is 0.497 e. The van der Waals surface area contributed by atoms with Gasteiger partial charge in [-0.15, -0.1) is 0 Å². The molecule has 0 aromatic heterocycles. The predicted octanol–water partition coefficient (Wildman–Crippen LogP) is 4.96. The zero-order chi connectivity index (χ0) is 24.0. The summed E-state index contributed by atoms with van der Waals surface area (Å²) in [5.74, 6) is 0.405. The van der Waals surface area contributed by atoms with Crippen LogP contribution < -0.4 is 4.74 Å². The fourth-order valence-corrected chi connectivity index (χ4v) is 4.91. The molecule has 33 heavy (non-hydrogen) atoms. The molecule has 0 unspecified atom stereocenters. The standard InChI is InChI=1S/C24H24BrClN2O4S/c1-27(15-18-5-11-22(32-2)12-6-18)24(29)17-28(16-19-3-7-20(25)8-4-19)33(30,31)23-13-9-21(26)10-14-23/h3-14H,15-17H2,1-2H3. The highest BCUT2D eigenvalue weighted by Gasteiger charge is 2.28. The maximum absolute atomic E-state index is 13.4. The quantitative estimate of drug-likeness (QED) is 0.377. The molecule has 3 rings (SSSR count). The van der Waals surface area contributed by atoms with Crippen molar-refractivity contribution in [2.75, 3.05) is 20.7 Å². The van der Waals surface area contributed by atoms with E-state index >= 15 is 0 Å². The van der Waals surface area contributed by atoms with Crippen molar-refractivity contribution in [2.45, 2.75) is 18.0 Å². The molecule has 0 N–H and O–H groups in total. The van der Waals surface area contributed by atoms with Crippen molar-refractivity contribution in [1.82, 2.24) is 9.21 Å². The van der Waals surface area contributed by atoms with Crippen molar-refractivity contribution in [3.63, 3.8) is 0 Å². The van der Waals surface area contributed by atoms with Gasteiger partial charge in [0, 0.05) is 29.6 Å². The minimum absolute atomic E-state index is 0.0559. The molecule has 3 aromatic rings. The van der Waals surface area contributed by atoms with E-state index in [0.29, 0.717) is 11.6 Å². The number of nitrogens with zero attached hydrogens (tertiary/aromatic N) is 2. The van der Waals surface area contributed by atoms with E-state index < -0.39 is 10.0 Å². The monoisotopic (exact) mass is 550 g/mol. The molecule has 3 aromatic carbocycles. The third-order valence-corrected chi connectivity index (χ3v) is 7.63. The number of halogens is 2. The Morgan fingerprint density at radius 1 is 0.909 bits per heavy atom. The molecule has 0 aliphatic rings. The molecule has 1 amide bonds. The van der Waals surface area contributed by atoms with Crippen molar-refractivity contribution < 1.29 is 17.9 Å². The molecule has 9 heteroatoms. The topological polar surface area (TPSA) is 66.9 Å². The van der Waals surface area contributed by atoms with Gasteiger partial charge in [-0.1, -0.05) is 51.8 Å². The Balaban J connectivity index is 1.82. The molecular formula is C24H24BrClN2O4S. The lowest BCUT2D eigenvalue weighted by molar-refractivity contribution is -0.130. The third kappa shape index (κ3) is 6.80. The normalized spacial score (nSPS) is 11.4. The lowest BCUT2D eigenvalue weighted by Crippen LogP contribution is -2.40. The van der Waals surface area contributed by atoms with Crippen LogP contribution in [0.15, 0.2) is 82.2 Å². The Morgan fingerprint density at radius 2 is 1.45 bits per heavy atom. The summed E-state index contributed by atoms with van der Waals surface area (Å²) in [5.41, 5.74) is 1.67. The van der Waals surface area contributed by atoms with E-state index in [1.807, 2.05) is 48.5 Å². The molecule has 0 aliphatic carbocycles. The number of hydrogen-bond acceptors (Lipinski definition) is 4. The summed E-state index contributed by atoms with van der Waals surface area (Å²) in [5, 5.41) is 0.434. The molecule has 6 nitrogen and oxygen atoms in total. The Labute approximate surface area is 207 Å². The van der Waals surface area contributed by atoms with Crippen molar-refractivity contribution in [3.8, 4) is 5.75 Å². The van der Waals surface area contributed by atoms with Crippen molar-refractivity contribution in [2.24, 2.45) is 0 Å². The van der Waals surface area contributed by atoms with E-state index in [0.717, 1.165) is 21.3 Å². The Kier molecular flexibility index (Phi) is 8.53. The predicted molar refractivity (Wildman–Crippen MR) is 133 cm³/mol. The molecular weight excluding hydrogens is 528 g/mol. The summed E-state index contributed by atoms with van der Waals surface area (Å²) in [6, 6.07) is 20.6. The molecule has 0 atom stereocenters. The minimum atomic E-state index is -3.94. The second-order valence-electron chi connectivity index (χ2n) is 7.45. The zero-order valence-corrected chi connectivity index (χ0v) is 21.4. The van der Waals surface area contributed by atoms with Crippen molar-refractivity contribution in [3.05, 3.63) is 93.4 Å². The van der Waals surface area contributed by atoms with Gasteiger partial charge in [-0.25, -0.2) is 8.42 Å². The van der Waals surface area contributed by atoms with Gasteiger partial charge in [0.1, 0.15) is 5.75 Å². The van der Waals surface area contributed by atoms with E-state index in [2.05, 4.69) is 15.9 Å². The van der Waals surface area contributed by atoms with Crippen molar-refractivity contribution in [1.29, 1.82) is 0 Å². The maximum atomic E-state index is 13.4. The summed E-state index contributed by atoms with van der Waals surface area (Å²) < 4.78 is 34.0. The van der Waals surface area contributed by atoms with Gasteiger partial charge < -0.3 is 9.64 Å². The molecule has 0 saturated carbocycles. The number of sulfonamides is 1. The number of carbonyl (C=O) groups is 1. The fraction of sp³-hybridized carbons (Fsp3) is 0.208. The number of rotatable bonds is 9. The molecule has 0 spiro atoms. The van der Waals surface area contributed by atoms with Gasteiger partial charge in [-0.3, -0.25) is 4.79 Å². The van der Waals surface area contributed by atoms with Crippen LogP contribution in [-0.4, -0.2) is 44.2 Å². The number of likely N-dealkylation sites (N-methyl/N-ethyl adjacent to an activating group) is 1. The highest BCUT2D eigenvalue weighted by molar-refractivity contribution is 9.10. The number of hydrogen-bond donors (Lipinski definition) is 0. The number of amides is 1. The first-order valence-corrected chi connectivity index (χ1v) is 12.7. The van der Waals surface area contributed by atoms with Gasteiger partial charge in [0.2, 0.25) is 15.9 Å². The SMILES string of the molecule is COc1ccc(CN(C)C(=O)CN(Cc2ccc(Br)cc2)S(=O)(=O)c2ccc(Cl)cc2)cc1. The average Bonchev–Trinajstić information content (AvgIpc) is 2.80. The van der Waals surface area contributed by atoms with Crippen LogP contribution in [0.4, 0.5) is 0 Å². The van der Waals surface area contributed by atoms with Crippen molar-refractivity contribution >= 4 is 43.5 Å². The maximum Gasteiger partial charge on any atom is 0.243 e. The summed E-state index contributed by atoms with van der Waals surface area (Å²) in [7, 11) is -0.696. The highest BCUT2D eigenvalue weighted by Crippen LogP contribution is 2.22. The number of carbonyl (C=O) groups excluding carboxylic acids is 1. The van der Waals surface area contributed by atoms with Gasteiger partial charge in [-0.2, -0.15) is 4.31 Å². The molecule has 0 saturated heterocycles. The van der Waals surface area contributed by atoms with E-state index in [1.165, 1.54) is 33.5 Å². The molecule has 0 radical (unpaired) electrons. The average molecular weight is 552 g/mol. The first-order valence-electron chi connectivity index (χ1n) is 10.1. The van der Waals surface area contributed by atoms with Gasteiger partial charge in [0.15, 0.2) is 0 Å². The summed E-state index contributed by atoms with van der Waals surface area (Å²) in [6.45, 7) is 0.101. The lowest BCUT2D eigenvalue weighted by Gasteiger charge is -2.25. The summed E-state index contributed by atoms with van der Waals surface area (Å²) in [6.07, 6.45) is 0. The smallest absolute Gasteiger partial charge is 0.243 e. The van der Waals surface area contributed by atoms with Gasteiger partial charge in [0.25, 0.3) is 0 Å². The lowest BCUT2D eigenvalue weighted by atomic mass is 10.2. The summed E-state index contributed by atoms with van der Waals surface area (Å²) >= 11 is 9.31. The fourth-order valence-electron chi connectivity index (χ4n) is 3.14. The van der Waals surface area contributed by atoms with Gasteiger partial charge in [-0.05, 0) is 59.7 Å². The van der Waals surface area contributed by atoms with Crippen LogP contribution >= 0.6 is 27.5 Å². The minimum Gasteiger partial charge on any atom is -0.497 e. The number of methoxy groups -OCH3 is 1. The van der Waals surface area contributed by atoms with Crippen LogP contribution in [0.2, 0.25) is 5.02 Å².